The summed E-state index contributed by atoms with van der Waals surface area (Å²) in [5.74, 6) is 2.06. The van der Waals surface area contributed by atoms with Gasteiger partial charge in [0.25, 0.3) is 0 Å². The monoisotopic (exact) mass is 341 g/mol. The lowest BCUT2D eigenvalue weighted by molar-refractivity contribution is 0.201. The highest BCUT2D eigenvalue weighted by molar-refractivity contribution is 8.00. The van der Waals surface area contributed by atoms with E-state index in [1.807, 2.05) is 23.6 Å². The summed E-state index contributed by atoms with van der Waals surface area (Å²) in [6, 6.07) is 0.0859. The van der Waals surface area contributed by atoms with Crippen LogP contribution in [-0.4, -0.2) is 64.0 Å². The van der Waals surface area contributed by atoms with Crippen LogP contribution in [0.3, 0.4) is 0 Å². The van der Waals surface area contributed by atoms with E-state index in [2.05, 4.69) is 19.6 Å². The van der Waals surface area contributed by atoms with Gasteiger partial charge in [-0.2, -0.15) is 16.1 Å². The first-order valence-electron chi connectivity index (χ1n) is 7.92. The Bertz CT molecular complexity index is 503. The van der Waals surface area contributed by atoms with E-state index in [1.165, 1.54) is 30.1 Å². The van der Waals surface area contributed by atoms with Crippen molar-refractivity contribution in [3.05, 3.63) is 5.82 Å². The number of thioether (sulfide) groups is 1. The molecule has 1 aromatic rings. The standard InChI is InChI=1S/C14H23N5OS2/c1-11-16-14(22-17-11)19-6-3-5-18(7-8-19)13(20)15-10-12-4-2-9-21-12/h12H,2-10H2,1H3,(H,15,20)/t12-/m0/s1. The van der Waals surface area contributed by atoms with Crippen LogP contribution in [0.1, 0.15) is 25.1 Å². The molecule has 22 heavy (non-hydrogen) atoms. The average Bonchev–Trinajstić information content (AvgIpc) is 3.11. The van der Waals surface area contributed by atoms with Crippen LogP contribution < -0.4 is 10.2 Å². The Morgan fingerprint density at radius 1 is 1.32 bits per heavy atom. The highest BCUT2D eigenvalue weighted by Crippen LogP contribution is 2.25. The van der Waals surface area contributed by atoms with Gasteiger partial charge in [-0.1, -0.05) is 0 Å². The van der Waals surface area contributed by atoms with Gasteiger partial charge < -0.3 is 15.1 Å². The Morgan fingerprint density at radius 2 is 2.23 bits per heavy atom. The van der Waals surface area contributed by atoms with Crippen molar-refractivity contribution in [2.75, 3.05) is 43.4 Å². The normalized spacial score (nSPS) is 22.7. The largest absolute Gasteiger partial charge is 0.345 e. The summed E-state index contributed by atoms with van der Waals surface area (Å²) < 4.78 is 4.24. The third kappa shape index (κ3) is 4.04. The van der Waals surface area contributed by atoms with Gasteiger partial charge in [0.15, 0.2) is 0 Å². The Balaban J connectivity index is 1.48. The van der Waals surface area contributed by atoms with E-state index >= 15 is 0 Å². The average molecular weight is 342 g/mol. The van der Waals surface area contributed by atoms with Gasteiger partial charge >= 0.3 is 6.03 Å². The van der Waals surface area contributed by atoms with Gasteiger partial charge in [0.2, 0.25) is 5.13 Å². The first-order chi connectivity index (χ1) is 10.7. The molecule has 3 rings (SSSR count). The number of aryl methyl sites for hydroxylation is 1. The number of anilines is 1. The molecule has 122 valence electrons. The van der Waals surface area contributed by atoms with Gasteiger partial charge in [0, 0.05) is 49.5 Å². The number of amides is 2. The van der Waals surface area contributed by atoms with Gasteiger partial charge in [-0.25, -0.2) is 9.78 Å². The van der Waals surface area contributed by atoms with Crippen LogP contribution in [0, 0.1) is 6.92 Å². The van der Waals surface area contributed by atoms with Gasteiger partial charge in [0.1, 0.15) is 5.82 Å². The Labute approximate surface area is 139 Å². The smallest absolute Gasteiger partial charge is 0.317 e. The third-order valence-corrected chi connectivity index (χ3v) is 6.34. The molecular weight excluding hydrogens is 318 g/mol. The molecule has 3 heterocycles. The van der Waals surface area contributed by atoms with Gasteiger partial charge in [-0.15, -0.1) is 0 Å². The van der Waals surface area contributed by atoms with Crippen molar-refractivity contribution in [2.24, 2.45) is 0 Å². The van der Waals surface area contributed by atoms with Crippen molar-refractivity contribution in [3.63, 3.8) is 0 Å². The first-order valence-corrected chi connectivity index (χ1v) is 9.74. The van der Waals surface area contributed by atoms with E-state index in [4.69, 9.17) is 0 Å². The molecule has 0 aromatic carbocycles. The second-order valence-electron chi connectivity index (χ2n) is 5.77. The van der Waals surface area contributed by atoms with Gasteiger partial charge in [-0.3, -0.25) is 0 Å². The number of aromatic nitrogens is 2. The number of carbonyl (C=O) groups is 1. The Hall–Kier alpha value is -1.02. The lowest BCUT2D eigenvalue weighted by Crippen LogP contribution is -2.43. The van der Waals surface area contributed by atoms with Gasteiger partial charge in [-0.05, 0) is 31.9 Å². The van der Waals surface area contributed by atoms with E-state index in [-0.39, 0.29) is 6.03 Å². The minimum Gasteiger partial charge on any atom is -0.345 e. The lowest BCUT2D eigenvalue weighted by atomic mass is 10.2. The molecule has 0 saturated carbocycles. The molecule has 6 nitrogen and oxygen atoms in total. The van der Waals surface area contributed by atoms with E-state index in [0.717, 1.165) is 50.1 Å². The molecule has 1 atom stereocenters. The maximum Gasteiger partial charge on any atom is 0.317 e. The van der Waals surface area contributed by atoms with E-state index in [1.54, 1.807) is 0 Å². The van der Waals surface area contributed by atoms with Crippen LogP contribution in [0.25, 0.3) is 0 Å². The summed E-state index contributed by atoms with van der Waals surface area (Å²) in [5, 5.41) is 4.69. The minimum absolute atomic E-state index is 0.0859. The molecule has 8 heteroatoms. The molecule has 0 bridgehead atoms. The molecule has 2 aliphatic rings. The lowest BCUT2D eigenvalue weighted by Gasteiger charge is -2.22. The number of hydrogen-bond donors (Lipinski definition) is 1. The molecule has 2 aliphatic heterocycles. The summed E-state index contributed by atoms with van der Waals surface area (Å²) in [5.41, 5.74) is 0. The number of nitrogens with zero attached hydrogens (tertiary/aromatic N) is 4. The Morgan fingerprint density at radius 3 is 2.95 bits per heavy atom. The van der Waals surface area contributed by atoms with Crippen molar-refractivity contribution >= 4 is 34.5 Å². The Kier molecular flexibility index (Phi) is 5.41. The van der Waals surface area contributed by atoms with Crippen molar-refractivity contribution < 1.29 is 4.79 Å². The van der Waals surface area contributed by atoms with Crippen LogP contribution >= 0.6 is 23.3 Å². The molecule has 1 N–H and O–H groups in total. The molecule has 0 radical (unpaired) electrons. The summed E-state index contributed by atoms with van der Waals surface area (Å²) >= 11 is 3.42. The highest BCUT2D eigenvalue weighted by atomic mass is 32.2. The van der Waals surface area contributed by atoms with Crippen molar-refractivity contribution in [3.8, 4) is 0 Å². The summed E-state index contributed by atoms with van der Waals surface area (Å²) in [4.78, 5) is 20.9. The maximum atomic E-state index is 12.3. The molecule has 0 aliphatic carbocycles. The summed E-state index contributed by atoms with van der Waals surface area (Å²) in [6.07, 6.45) is 3.49. The fourth-order valence-corrected chi connectivity index (χ4v) is 4.77. The highest BCUT2D eigenvalue weighted by Gasteiger charge is 2.22. The zero-order chi connectivity index (χ0) is 15.4. The van der Waals surface area contributed by atoms with Gasteiger partial charge in [0.05, 0.1) is 0 Å². The molecule has 0 unspecified atom stereocenters. The first kappa shape index (κ1) is 15.9. The summed E-state index contributed by atoms with van der Waals surface area (Å²) in [7, 11) is 0. The van der Waals surface area contributed by atoms with Crippen LogP contribution in [0.4, 0.5) is 9.93 Å². The molecule has 2 amide bonds. The zero-order valence-electron chi connectivity index (χ0n) is 13.0. The van der Waals surface area contributed by atoms with E-state index in [9.17, 15) is 4.79 Å². The molecular formula is C14H23N5OS2. The van der Waals surface area contributed by atoms with Crippen LogP contribution in [0.2, 0.25) is 0 Å². The quantitative estimate of drug-likeness (QED) is 0.911. The second-order valence-corrected chi connectivity index (χ2v) is 7.91. The maximum absolute atomic E-state index is 12.3. The summed E-state index contributed by atoms with van der Waals surface area (Å²) in [6.45, 7) is 6.06. The van der Waals surface area contributed by atoms with E-state index < -0.39 is 0 Å². The molecule has 2 fully saturated rings. The molecule has 1 aromatic heterocycles. The number of carbonyl (C=O) groups excluding carboxylic acids is 1. The van der Waals surface area contributed by atoms with E-state index in [0.29, 0.717) is 5.25 Å². The number of rotatable bonds is 3. The predicted molar refractivity (Wildman–Crippen MR) is 91.9 cm³/mol. The third-order valence-electron chi connectivity index (χ3n) is 4.08. The number of nitrogens with one attached hydrogen (secondary N) is 1. The SMILES string of the molecule is Cc1nsc(N2CCCN(C(=O)NC[C@@H]3CCCS3)CC2)n1. The second kappa shape index (κ2) is 7.50. The number of hydrogen-bond acceptors (Lipinski definition) is 6. The molecule has 2 saturated heterocycles. The fraction of sp³-hybridized carbons (Fsp3) is 0.786. The fourth-order valence-electron chi connectivity index (χ4n) is 2.84. The minimum atomic E-state index is 0.0859. The van der Waals surface area contributed by atoms with Crippen molar-refractivity contribution in [2.45, 2.75) is 31.4 Å². The van der Waals surface area contributed by atoms with Crippen molar-refractivity contribution in [1.29, 1.82) is 0 Å². The molecule has 0 spiro atoms. The van der Waals surface area contributed by atoms with Crippen LogP contribution in [0.15, 0.2) is 0 Å². The number of urea groups is 1. The van der Waals surface area contributed by atoms with Crippen LogP contribution in [-0.2, 0) is 0 Å². The zero-order valence-corrected chi connectivity index (χ0v) is 14.6. The topological polar surface area (TPSA) is 61.4 Å². The van der Waals surface area contributed by atoms with Crippen molar-refractivity contribution in [1.82, 2.24) is 19.6 Å². The van der Waals surface area contributed by atoms with Crippen LogP contribution in [0.5, 0.6) is 0 Å². The predicted octanol–water partition coefficient (Wildman–Crippen LogP) is 1.96.